The Kier molecular flexibility index (Phi) is 6.20. The molecule has 0 aliphatic heterocycles. The lowest BCUT2D eigenvalue weighted by Crippen LogP contribution is -2.27. The van der Waals surface area contributed by atoms with Crippen molar-refractivity contribution >= 4 is 39.5 Å². The van der Waals surface area contributed by atoms with Crippen molar-refractivity contribution in [1.82, 2.24) is 19.6 Å². The van der Waals surface area contributed by atoms with Crippen molar-refractivity contribution in [2.75, 3.05) is 17.7 Å². The molecular weight excluding hydrogens is 456 g/mol. The number of methoxy groups -OCH3 is 1. The smallest absolute Gasteiger partial charge is 0.412 e. The highest BCUT2D eigenvalue weighted by atomic mass is 32.1. The van der Waals surface area contributed by atoms with Crippen molar-refractivity contribution < 1.29 is 21.9 Å². The average molecular weight is 485 g/mol. The Morgan fingerprint density at radius 1 is 1.18 bits per heavy atom. The molecule has 4 aromatic rings. The zero-order valence-electron chi connectivity index (χ0n) is 19.4. The number of carbonyl (C=O) groups is 2. The molecule has 0 atom stereocenters. The second-order valence-electron chi connectivity index (χ2n) is 8.40. The number of fused-ring (bicyclic) bond motifs is 1. The van der Waals surface area contributed by atoms with Crippen LogP contribution in [0.15, 0.2) is 43.0 Å². The minimum atomic E-state index is -0.632. The molecule has 4 aromatic heterocycles. The summed E-state index contributed by atoms with van der Waals surface area (Å²) < 4.78 is 12.3. The third-order valence-electron chi connectivity index (χ3n) is 4.65. The maximum Gasteiger partial charge on any atom is 0.412 e. The lowest BCUT2D eigenvalue weighted by atomic mass is 10.2. The van der Waals surface area contributed by atoms with Gasteiger partial charge in [-0.1, -0.05) is 0 Å². The zero-order valence-corrected chi connectivity index (χ0v) is 20.2. The predicted molar refractivity (Wildman–Crippen MR) is 134 cm³/mol. The van der Waals surface area contributed by atoms with E-state index in [9.17, 15) is 9.59 Å². The number of rotatable bonds is 5. The van der Waals surface area contributed by atoms with Gasteiger partial charge in [0.1, 0.15) is 10.4 Å². The van der Waals surface area contributed by atoms with E-state index in [1.807, 2.05) is 18.3 Å². The molecule has 4 heterocycles. The molecule has 0 fully saturated rings. The number of aromatic nitrogens is 4. The molecule has 0 aromatic carbocycles. The fourth-order valence-corrected chi connectivity index (χ4v) is 4.22. The van der Waals surface area contributed by atoms with Crippen LogP contribution in [0, 0.1) is 6.92 Å². The Bertz CT molecular complexity index is 1380. The van der Waals surface area contributed by atoms with E-state index in [1.165, 1.54) is 23.7 Å². The largest absolute Gasteiger partial charge is 0.481 e. The van der Waals surface area contributed by atoms with Gasteiger partial charge >= 0.3 is 6.09 Å². The van der Waals surface area contributed by atoms with E-state index >= 15 is 0 Å². The first-order valence-corrected chi connectivity index (χ1v) is 11.2. The maximum atomic E-state index is 13.1. The van der Waals surface area contributed by atoms with E-state index in [0.29, 0.717) is 33.3 Å². The predicted octanol–water partition coefficient (Wildman–Crippen LogP) is 5.26. The van der Waals surface area contributed by atoms with Crippen molar-refractivity contribution in [1.29, 1.82) is 0 Å². The number of hydrogen-bond donors (Lipinski definition) is 2. The molecule has 0 saturated carbocycles. The van der Waals surface area contributed by atoms with Gasteiger partial charge in [-0.3, -0.25) is 15.1 Å². The van der Waals surface area contributed by atoms with Gasteiger partial charge in [-0.15, -0.1) is 11.3 Å². The summed E-state index contributed by atoms with van der Waals surface area (Å²) in [6.45, 7) is 7.09. The van der Waals surface area contributed by atoms with E-state index in [-0.39, 0.29) is 8.76 Å². The number of amides is 2. The fraction of sp³-hybridized carbons (Fsp3) is 0.261. The molecule has 10 nitrogen and oxygen atoms in total. The van der Waals surface area contributed by atoms with Crippen LogP contribution in [0.2, 0.25) is 0 Å². The third kappa shape index (κ3) is 4.99. The average Bonchev–Trinajstić information content (AvgIpc) is 3.35. The first-order valence-electron chi connectivity index (χ1n) is 10.4. The van der Waals surface area contributed by atoms with E-state index < -0.39 is 11.7 Å². The van der Waals surface area contributed by atoms with Gasteiger partial charge in [0.05, 0.1) is 52.6 Å². The van der Waals surface area contributed by atoms with Crippen LogP contribution in [0.4, 0.5) is 16.2 Å². The van der Waals surface area contributed by atoms with Crippen molar-refractivity contribution in [3.05, 3.63) is 54.2 Å². The summed E-state index contributed by atoms with van der Waals surface area (Å²) in [4.78, 5) is 35.2. The lowest BCUT2D eigenvalue weighted by Gasteiger charge is -2.19. The minimum absolute atomic E-state index is 0. The standard InChI is InChI=1S/C23H24N6O4S.2H2/c1-13-17(9-14(10-25-13)27-22(31)33-23(2,3)4)28-19(30)16-11-26-29-12-18(34-21(16)29)15-7-6-8-24-20(15)32-5;;/h6-12H,1-5H3,(H,27,31)(H,28,30);2*1H. The number of nitrogens with zero attached hydrogens (tertiary/aromatic N) is 4. The van der Waals surface area contributed by atoms with Crippen molar-refractivity contribution in [2.24, 2.45) is 0 Å². The Balaban J connectivity index is 0.00000228. The molecular formula is C23H28N6O4S. The Morgan fingerprint density at radius 3 is 2.71 bits per heavy atom. The van der Waals surface area contributed by atoms with Gasteiger partial charge in [0, 0.05) is 15.2 Å². The molecule has 0 bridgehead atoms. The second kappa shape index (κ2) is 9.10. The first kappa shape index (κ1) is 23.2. The molecule has 0 saturated heterocycles. The third-order valence-corrected chi connectivity index (χ3v) is 5.80. The van der Waals surface area contributed by atoms with Crippen LogP contribution < -0.4 is 15.4 Å². The summed E-state index contributed by atoms with van der Waals surface area (Å²) in [6, 6.07) is 5.35. The highest BCUT2D eigenvalue weighted by Gasteiger charge is 2.20. The molecule has 180 valence electrons. The van der Waals surface area contributed by atoms with E-state index in [0.717, 1.165) is 10.4 Å². The topological polar surface area (TPSA) is 120 Å². The first-order chi connectivity index (χ1) is 16.1. The van der Waals surface area contributed by atoms with Gasteiger partial charge in [0.15, 0.2) is 0 Å². The van der Waals surface area contributed by atoms with Gasteiger partial charge in [0.25, 0.3) is 5.91 Å². The normalized spacial score (nSPS) is 11.3. The number of thiazole rings is 1. The van der Waals surface area contributed by atoms with Gasteiger partial charge in [0.2, 0.25) is 5.88 Å². The fourth-order valence-electron chi connectivity index (χ4n) is 3.15. The van der Waals surface area contributed by atoms with Crippen molar-refractivity contribution in [3.8, 4) is 16.3 Å². The number of hydrogen-bond acceptors (Lipinski definition) is 8. The summed E-state index contributed by atoms with van der Waals surface area (Å²) >= 11 is 1.40. The SMILES string of the molecule is COc1ncccc1-c1cn2ncc(C(=O)Nc3cc(NC(=O)OC(C)(C)C)cnc3C)c2s1.[HH].[HH]. The highest BCUT2D eigenvalue weighted by Crippen LogP contribution is 2.35. The highest BCUT2D eigenvalue weighted by molar-refractivity contribution is 7.21. The number of ether oxygens (including phenoxy) is 2. The van der Waals surface area contributed by atoms with Gasteiger partial charge in [-0.05, 0) is 45.9 Å². The molecule has 0 radical (unpaired) electrons. The summed E-state index contributed by atoms with van der Waals surface area (Å²) in [5, 5.41) is 9.80. The van der Waals surface area contributed by atoms with Crippen LogP contribution in [0.25, 0.3) is 15.3 Å². The number of nitrogens with one attached hydrogen (secondary N) is 2. The lowest BCUT2D eigenvalue weighted by molar-refractivity contribution is 0.0635. The van der Waals surface area contributed by atoms with Crippen LogP contribution in [-0.4, -0.2) is 44.3 Å². The molecule has 34 heavy (non-hydrogen) atoms. The molecule has 2 amide bonds. The second-order valence-corrected chi connectivity index (χ2v) is 9.43. The Labute approximate surface area is 202 Å². The molecule has 0 aliphatic rings. The number of aryl methyl sites for hydroxylation is 1. The summed E-state index contributed by atoms with van der Waals surface area (Å²) in [6.07, 6.45) is 5.89. The molecule has 11 heteroatoms. The van der Waals surface area contributed by atoms with Crippen molar-refractivity contribution in [2.45, 2.75) is 33.3 Å². The summed E-state index contributed by atoms with van der Waals surface area (Å²) in [5.41, 5.74) is 2.04. The van der Waals surface area contributed by atoms with Gasteiger partial charge < -0.3 is 14.8 Å². The van der Waals surface area contributed by atoms with Crippen LogP contribution in [0.1, 0.15) is 39.7 Å². The monoisotopic (exact) mass is 484 g/mol. The molecule has 0 aliphatic carbocycles. The quantitative estimate of drug-likeness (QED) is 0.396. The number of carbonyl (C=O) groups excluding carboxylic acids is 2. The van der Waals surface area contributed by atoms with Gasteiger partial charge in [-0.2, -0.15) is 5.10 Å². The van der Waals surface area contributed by atoms with E-state index in [2.05, 4.69) is 25.7 Å². The van der Waals surface area contributed by atoms with E-state index in [4.69, 9.17) is 9.47 Å². The molecule has 0 spiro atoms. The van der Waals surface area contributed by atoms with Crippen LogP contribution >= 0.6 is 11.3 Å². The van der Waals surface area contributed by atoms with Crippen LogP contribution in [0.3, 0.4) is 0 Å². The molecule has 2 N–H and O–H groups in total. The van der Waals surface area contributed by atoms with E-state index in [1.54, 1.807) is 51.6 Å². The van der Waals surface area contributed by atoms with Crippen LogP contribution in [-0.2, 0) is 4.74 Å². The van der Waals surface area contributed by atoms with Crippen molar-refractivity contribution in [3.63, 3.8) is 0 Å². The molecule has 4 rings (SSSR count). The maximum absolute atomic E-state index is 13.1. The molecule has 0 unspecified atom stereocenters. The van der Waals surface area contributed by atoms with Gasteiger partial charge in [-0.25, -0.2) is 14.3 Å². The van der Waals surface area contributed by atoms with Crippen LogP contribution in [0.5, 0.6) is 5.88 Å². The Hall–Kier alpha value is -3.99. The number of anilines is 2. The Morgan fingerprint density at radius 2 is 1.97 bits per heavy atom. The summed E-state index contributed by atoms with van der Waals surface area (Å²) in [7, 11) is 1.56. The minimum Gasteiger partial charge on any atom is -0.481 e. The summed E-state index contributed by atoms with van der Waals surface area (Å²) in [5.74, 6) is 0.148. The number of pyridine rings is 2. The zero-order chi connectivity index (χ0) is 24.5.